The van der Waals surface area contributed by atoms with E-state index in [9.17, 15) is 4.79 Å². The van der Waals surface area contributed by atoms with Crippen LogP contribution >= 0.6 is 0 Å². The van der Waals surface area contributed by atoms with Gasteiger partial charge < -0.3 is 9.64 Å². The number of ether oxygens (including phenoxy) is 1. The molecule has 3 rings (SSSR count). The van der Waals surface area contributed by atoms with Crippen LogP contribution in [0.3, 0.4) is 0 Å². The fourth-order valence-corrected chi connectivity index (χ4v) is 3.75. The van der Waals surface area contributed by atoms with Gasteiger partial charge in [-0.15, -0.1) is 0 Å². The maximum absolute atomic E-state index is 12.5. The number of amides is 1. The Balaban J connectivity index is 1.78. The van der Waals surface area contributed by atoms with Crippen molar-refractivity contribution in [2.24, 2.45) is 5.92 Å². The molecule has 102 valence electrons. The van der Waals surface area contributed by atoms with Gasteiger partial charge in [0.1, 0.15) is 0 Å². The van der Waals surface area contributed by atoms with Gasteiger partial charge in [-0.2, -0.15) is 0 Å². The van der Waals surface area contributed by atoms with Crippen LogP contribution in [0.2, 0.25) is 0 Å². The van der Waals surface area contributed by atoms with Gasteiger partial charge in [-0.05, 0) is 31.6 Å². The molecule has 0 aromatic rings. The van der Waals surface area contributed by atoms with Crippen LogP contribution in [0.5, 0.6) is 0 Å². The Morgan fingerprint density at radius 2 is 2.11 bits per heavy atom. The van der Waals surface area contributed by atoms with Gasteiger partial charge in [0.15, 0.2) is 0 Å². The smallest absolute Gasteiger partial charge is 0.241 e. The van der Waals surface area contributed by atoms with Crippen molar-refractivity contribution in [1.82, 2.24) is 10.2 Å². The minimum Gasteiger partial charge on any atom is -0.379 e. The number of hydrogen-bond acceptors (Lipinski definition) is 3. The minimum atomic E-state index is 0.0381. The molecule has 3 atom stereocenters. The number of rotatable bonds is 3. The quantitative estimate of drug-likeness (QED) is 0.827. The van der Waals surface area contributed by atoms with Gasteiger partial charge in [0.05, 0.1) is 24.9 Å². The Hall–Kier alpha value is -0.610. The normalized spacial score (nSPS) is 37.9. The highest BCUT2D eigenvalue weighted by atomic mass is 16.5. The first kappa shape index (κ1) is 12.4. The van der Waals surface area contributed by atoms with Crippen LogP contribution in [0.4, 0.5) is 0 Å². The molecule has 0 spiro atoms. The molecule has 0 aromatic heterocycles. The van der Waals surface area contributed by atoms with Gasteiger partial charge in [0.25, 0.3) is 0 Å². The highest BCUT2D eigenvalue weighted by Crippen LogP contribution is 2.34. The summed E-state index contributed by atoms with van der Waals surface area (Å²) in [6.07, 6.45) is 7.36. The first-order valence-corrected chi connectivity index (χ1v) is 7.47. The molecule has 18 heavy (non-hydrogen) atoms. The van der Waals surface area contributed by atoms with Crippen LogP contribution in [-0.2, 0) is 9.53 Å². The highest BCUT2D eigenvalue weighted by molar-refractivity contribution is 5.84. The molecule has 1 N–H and O–H groups in total. The molecule has 3 fully saturated rings. The summed E-state index contributed by atoms with van der Waals surface area (Å²) in [5.74, 6) is 0.969. The van der Waals surface area contributed by atoms with Gasteiger partial charge >= 0.3 is 0 Å². The SMILES string of the molecule is CCC1NC(C2CCCC2)N(C2CCOC2)C1=O. The van der Waals surface area contributed by atoms with Crippen LogP contribution in [-0.4, -0.2) is 42.3 Å². The minimum absolute atomic E-state index is 0.0381. The molecule has 1 amide bonds. The lowest BCUT2D eigenvalue weighted by atomic mass is 10.0. The third-order valence-corrected chi connectivity index (χ3v) is 4.78. The summed E-state index contributed by atoms with van der Waals surface area (Å²) in [5, 5.41) is 3.58. The van der Waals surface area contributed by atoms with Crippen molar-refractivity contribution in [3.63, 3.8) is 0 Å². The first-order chi connectivity index (χ1) is 8.81. The van der Waals surface area contributed by atoms with Gasteiger partial charge in [-0.1, -0.05) is 19.8 Å². The first-order valence-electron chi connectivity index (χ1n) is 7.47. The van der Waals surface area contributed by atoms with Crippen molar-refractivity contribution >= 4 is 5.91 Å². The van der Waals surface area contributed by atoms with E-state index >= 15 is 0 Å². The fraction of sp³-hybridized carbons (Fsp3) is 0.929. The molecule has 0 radical (unpaired) electrons. The highest BCUT2D eigenvalue weighted by Gasteiger charge is 2.46. The van der Waals surface area contributed by atoms with E-state index in [4.69, 9.17) is 4.74 Å². The van der Waals surface area contributed by atoms with Gasteiger partial charge in [-0.3, -0.25) is 10.1 Å². The van der Waals surface area contributed by atoms with E-state index in [2.05, 4.69) is 17.1 Å². The van der Waals surface area contributed by atoms with Crippen LogP contribution in [0, 0.1) is 5.92 Å². The molecular weight excluding hydrogens is 228 g/mol. The number of nitrogens with zero attached hydrogens (tertiary/aromatic N) is 1. The summed E-state index contributed by atoms with van der Waals surface area (Å²) in [6.45, 7) is 3.63. The van der Waals surface area contributed by atoms with E-state index in [0.717, 1.165) is 26.1 Å². The molecular formula is C14H24N2O2. The molecule has 4 heteroatoms. The lowest BCUT2D eigenvalue weighted by Gasteiger charge is -2.33. The molecule has 2 aliphatic heterocycles. The Kier molecular flexibility index (Phi) is 3.57. The predicted octanol–water partition coefficient (Wildman–Crippen LogP) is 1.50. The zero-order valence-corrected chi connectivity index (χ0v) is 11.2. The average molecular weight is 252 g/mol. The molecule has 2 saturated heterocycles. The van der Waals surface area contributed by atoms with Crippen molar-refractivity contribution in [3.8, 4) is 0 Å². The van der Waals surface area contributed by atoms with Crippen LogP contribution in [0.1, 0.15) is 45.4 Å². The number of carbonyl (C=O) groups is 1. The Bertz CT molecular complexity index is 309. The van der Waals surface area contributed by atoms with Crippen molar-refractivity contribution in [2.45, 2.75) is 63.7 Å². The van der Waals surface area contributed by atoms with Crippen LogP contribution in [0.25, 0.3) is 0 Å². The van der Waals surface area contributed by atoms with Crippen LogP contribution in [0.15, 0.2) is 0 Å². The molecule has 1 aliphatic carbocycles. The van der Waals surface area contributed by atoms with Crippen molar-refractivity contribution in [3.05, 3.63) is 0 Å². The monoisotopic (exact) mass is 252 g/mol. The zero-order valence-electron chi connectivity index (χ0n) is 11.2. The lowest BCUT2D eigenvalue weighted by Crippen LogP contribution is -2.48. The summed E-state index contributed by atoms with van der Waals surface area (Å²) in [4.78, 5) is 14.6. The molecule has 3 aliphatic rings. The molecule has 1 saturated carbocycles. The Morgan fingerprint density at radius 3 is 2.72 bits per heavy atom. The Labute approximate surface area is 109 Å². The largest absolute Gasteiger partial charge is 0.379 e. The lowest BCUT2D eigenvalue weighted by molar-refractivity contribution is -0.133. The number of hydrogen-bond donors (Lipinski definition) is 1. The van der Waals surface area contributed by atoms with Gasteiger partial charge in [0.2, 0.25) is 5.91 Å². The standard InChI is InChI=1S/C14H24N2O2/c1-2-12-14(17)16(11-7-8-18-9-11)13(15-12)10-5-3-4-6-10/h10-13,15H,2-9H2,1H3. The summed E-state index contributed by atoms with van der Waals surface area (Å²) in [6, 6.07) is 0.350. The summed E-state index contributed by atoms with van der Waals surface area (Å²) in [7, 11) is 0. The summed E-state index contributed by atoms with van der Waals surface area (Å²) < 4.78 is 5.48. The number of nitrogens with one attached hydrogen (secondary N) is 1. The van der Waals surface area contributed by atoms with Gasteiger partial charge in [0, 0.05) is 6.61 Å². The third kappa shape index (κ3) is 2.05. The Morgan fingerprint density at radius 1 is 1.33 bits per heavy atom. The maximum atomic E-state index is 12.5. The second-order valence-electron chi connectivity index (χ2n) is 5.88. The van der Waals surface area contributed by atoms with E-state index in [1.807, 2.05) is 0 Å². The molecule has 2 heterocycles. The average Bonchev–Trinajstić information content (AvgIpc) is 3.08. The molecule has 0 aromatic carbocycles. The summed E-state index contributed by atoms with van der Waals surface area (Å²) >= 11 is 0. The van der Waals surface area contributed by atoms with Gasteiger partial charge in [-0.25, -0.2) is 0 Å². The fourth-order valence-electron chi connectivity index (χ4n) is 3.75. The van der Waals surface area contributed by atoms with Crippen molar-refractivity contribution < 1.29 is 9.53 Å². The molecule has 0 bridgehead atoms. The maximum Gasteiger partial charge on any atom is 0.241 e. The summed E-state index contributed by atoms with van der Waals surface area (Å²) in [5.41, 5.74) is 0. The van der Waals surface area contributed by atoms with E-state index in [0.29, 0.717) is 17.9 Å². The zero-order chi connectivity index (χ0) is 12.5. The number of carbonyl (C=O) groups excluding carboxylic acids is 1. The van der Waals surface area contributed by atoms with E-state index in [1.54, 1.807) is 0 Å². The topological polar surface area (TPSA) is 41.6 Å². The third-order valence-electron chi connectivity index (χ3n) is 4.78. The molecule has 3 unspecified atom stereocenters. The second-order valence-corrected chi connectivity index (χ2v) is 5.88. The van der Waals surface area contributed by atoms with Crippen LogP contribution < -0.4 is 5.32 Å². The van der Waals surface area contributed by atoms with E-state index in [-0.39, 0.29) is 12.2 Å². The predicted molar refractivity (Wildman–Crippen MR) is 69.0 cm³/mol. The van der Waals surface area contributed by atoms with Crippen molar-refractivity contribution in [2.75, 3.05) is 13.2 Å². The van der Waals surface area contributed by atoms with Crippen molar-refractivity contribution in [1.29, 1.82) is 0 Å². The second kappa shape index (κ2) is 5.17. The molecule has 4 nitrogen and oxygen atoms in total. The van der Waals surface area contributed by atoms with E-state index in [1.165, 1.54) is 25.7 Å². The van der Waals surface area contributed by atoms with E-state index < -0.39 is 0 Å².